The monoisotopic (exact) mass is 333 g/mol. The van der Waals surface area contributed by atoms with E-state index in [1.54, 1.807) is 25.1 Å². The Morgan fingerprint density at radius 1 is 1.35 bits per heavy atom. The molecule has 2 N–H and O–H groups in total. The highest BCUT2D eigenvalue weighted by atomic mass is 32.2. The zero-order chi connectivity index (χ0) is 16.7. The maximum absolute atomic E-state index is 12.0. The molecule has 1 aromatic carbocycles. The minimum absolute atomic E-state index is 0.0199. The molecule has 0 bridgehead atoms. The molecule has 0 aliphatic carbocycles. The summed E-state index contributed by atoms with van der Waals surface area (Å²) >= 11 is 1.74. The molecule has 5 nitrogen and oxygen atoms in total. The van der Waals surface area contributed by atoms with Crippen LogP contribution >= 0.6 is 11.8 Å². The number of methoxy groups -OCH3 is 1. The van der Waals surface area contributed by atoms with Crippen LogP contribution < -0.4 is 10.1 Å². The van der Waals surface area contributed by atoms with Crippen LogP contribution in [0.2, 0.25) is 0 Å². The van der Waals surface area contributed by atoms with Crippen molar-refractivity contribution in [1.29, 1.82) is 0 Å². The minimum Gasteiger partial charge on any atom is -0.497 e. The van der Waals surface area contributed by atoms with Gasteiger partial charge in [0.15, 0.2) is 0 Å². The van der Waals surface area contributed by atoms with Crippen LogP contribution in [0.5, 0.6) is 5.75 Å². The highest BCUT2D eigenvalue weighted by Crippen LogP contribution is 2.23. The van der Waals surface area contributed by atoms with Crippen LogP contribution in [0.25, 0.3) is 0 Å². The topological polar surface area (TPSA) is 67.0 Å². The van der Waals surface area contributed by atoms with Gasteiger partial charge in [-0.3, -0.25) is 9.89 Å². The third-order valence-electron chi connectivity index (χ3n) is 3.43. The molecule has 0 fully saturated rings. The number of carbonyl (C=O) groups excluding carboxylic acids is 1. The third-order valence-corrected chi connectivity index (χ3v) is 4.53. The van der Waals surface area contributed by atoms with Crippen molar-refractivity contribution in [3.63, 3.8) is 0 Å². The summed E-state index contributed by atoms with van der Waals surface area (Å²) in [7, 11) is 1.66. The van der Waals surface area contributed by atoms with E-state index in [1.165, 1.54) is 4.90 Å². The molecule has 23 heavy (non-hydrogen) atoms. The molecule has 1 aromatic heterocycles. The van der Waals surface area contributed by atoms with Gasteiger partial charge >= 0.3 is 0 Å². The maximum atomic E-state index is 12.0. The lowest BCUT2D eigenvalue weighted by molar-refractivity contribution is -0.116. The Hall–Kier alpha value is -1.95. The summed E-state index contributed by atoms with van der Waals surface area (Å²) in [5, 5.41) is 9.74. The number of hydrogen-bond donors (Lipinski definition) is 2. The van der Waals surface area contributed by atoms with E-state index in [1.807, 2.05) is 24.3 Å². The average Bonchev–Trinajstić information content (AvgIpc) is 3.00. The second-order valence-electron chi connectivity index (χ2n) is 5.53. The predicted molar refractivity (Wildman–Crippen MR) is 94.3 cm³/mol. The maximum Gasteiger partial charge on any atom is 0.225 e. The number of H-pyrrole nitrogens is 1. The summed E-state index contributed by atoms with van der Waals surface area (Å²) in [5.41, 5.74) is 1.03. The molecule has 2 rings (SSSR count). The van der Waals surface area contributed by atoms with Crippen molar-refractivity contribution >= 4 is 23.5 Å². The molecule has 1 heterocycles. The van der Waals surface area contributed by atoms with Crippen LogP contribution in [-0.4, -0.2) is 29.0 Å². The van der Waals surface area contributed by atoms with Crippen LogP contribution in [-0.2, 0) is 4.79 Å². The molecule has 0 aliphatic rings. The number of carbonyl (C=O) groups is 1. The van der Waals surface area contributed by atoms with E-state index in [2.05, 4.69) is 29.4 Å². The Balaban J connectivity index is 1.71. The van der Waals surface area contributed by atoms with Gasteiger partial charge in [0.1, 0.15) is 11.6 Å². The van der Waals surface area contributed by atoms with Gasteiger partial charge in [-0.1, -0.05) is 13.8 Å². The third kappa shape index (κ3) is 5.32. The van der Waals surface area contributed by atoms with Crippen LogP contribution in [0.3, 0.4) is 0 Å². The van der Waals surface area contributed by atoms with E-state index in [-0.39, 0.29) is 5.91 Å². The fraction of sp³-hybridized carbons (Fsp3) is 0.412. The van der Waals surface area contributed by atoms with Gasteiger partial charge in [-0.25, -0.2) is 0 Å². The van der Waals surface area contributed by atoms with Gasteiger partial charge in [-0.05, 0) is 42.4 Å². The summed E-state index contributed by atoms with van der Waals surface area (Å²) in [6, 6.07) is 7.95. The Bertz CT molecular complexity index is 623. The van der Waals surface area contributed by atoms with Gasteiger partial charge < -0.3 is 10.1 Å². The van der Waals surface area contributed by atoms with Crippen molar-refractivity contribution in [3.05, 3.63) is 36.0 Å². The van der Waals surface area contributed by atoms with Gasteiger partial charge in [0.2, 0.25) is 5.91 Å². The second kappa shape index (κ2) is 8.62. The normalized spacial score (nSPS) is 10.8. The molecule has 0 radical (unpaired) electrons. The number of anilines is 1. The van der Waals surface area contributed by atoms with Gasteiger partial charge in [-0.15, -0.1) is 11.8 Å². The molecular weight excluding hydrogens is 310 g/mol. The Morgan fingerprint density at radius 3 is 2.74 bits per heavy atom. The van der Waals surface area contributed by atoms with E-state index in [9.17, 15) is 4.79 Å². The lowest BCUT2D eigenvalue weighted by atomic mass is 10.1. The van der Waals surface area contributed by atoms with Gasteiger partial charge in [-0.2, -0.15) is 5.10 Å². The van der Waals surface area contributed by atoms with Crippen LogP contribution in [0.15, 0.2) is 35.4 Å². The largest absolute Gasteiger partial charge is 0.497 e. The zero-order valence-electron chi connectivity index (χ0n) is 13.8. The molecule has 1 amide bonds. The first kappa shape index (κ1) is 17.4. The number of nitrogens with one attached hydrogen (secondary N) is 2. The Labute approximate surface area is 141 Å². The fourth-order valence-corrected chi connectivity index (χ4v) is 2.98. The molecule has 0 aliphatic heterocycles. The molecule has 124 valence electrons. The number of amides is 1. The smallest absolute Gasteiger partial charge is 0.225 e. The molecule has 0 atom stereocenters. The SMILES string of the molecule is COc1ccc(SCCCC(=O)Nc2[nH]ncc2C(C)C)cc1. The van der Waals surface area contributed by atoms with Crippen molar-refractivity contribution < 1.29 is 9.53 Å². The zero-order valence-corrected chi connectivity index (χ0v) is 14.6. The Morgan fingerprint density at radius 2 is 2.09 bits per heavy atom. The molecule has 6 heteroatoms. The van der Waals surface area contributed by atoms with E-state index >= 15 is 0 Å². The van der Waals surface area contributed by atoms with Crippen LogP contribution in [0.4, 0.5) is 5.82 Å². The summed E-state index contributed by atoms with van der Waals surface area (Å²) in [5.74, 6) is 2.82. The lowest BCUT2D eigenvalue weighted by Crippen LogP contribution is -2.13. The number of ether oxygens (including phenoxy) is 1. The van der Waals surface area contributed by atoms with Crippen molar-refractivity contribution in [3.8, 4) is 5.75 Å². The number of aromatic amines is 1. The van der Waals surface area contributed by atoms with E-state index in [0.29, 0.717) is 18.2 Å². The average molecular weight is 333 g/mol. The van der Waals surface area contributed by atoms with Crippen LogP contribution in [0, 0.1) is 0 Å². The number of rotatable bonds is 8. The van der Waals surface area contributed by atoms with Crippen LogP contribution in [0.1, 0.15) is 38.2 Å². The van der Waals surface area contributed by atoms with Gasteiger partial charge in [0.25, 0.3) is 0 Å². The first-order valence-electron chi connectivity index (χ1n) is 7.70. The number of thioether (sulfide) groups is 1. The van der Waals surface area contributed by atoms with Crippen molar-refractivity contribution in [1.82, 2.24) is 10.2 Å². The first-order chi connectivity index (χ1) is 11.1. The number of hydrogen-bond acceptors (Lipinski definition) is 4. The van der Waals surface area contributed by atoms with E-state index < -0.39 is 0 Å². The summed E-state index contributed by atoms with van der Waals surface area (Å²) in [4.78, 5) is 13.2. The summed E-state index contributed by atoms with van der Waals surface area (Å²) < 4.78 is 5.13. The molecular formula is C17H23N3O2S. The van der Waals surface area contributed by atoms with Gasteiger partial charge in [0.05, 0.1) is 13.3 Å². The number of aromatic nitrogens is 2. The number of benzene rings is 1. The molecule has 0 saturated heterocycles. The predicted octanol–water partition coefficient (Wildman–Crippen LogP) is 4.05. The van der Waals surface area contributed by atoms with E-state index in [4.69, 9.17) is 4.74 Å². The molecule has 0 saturated carbocycles. The quantitative estimate of drug-likeness (QED) is 0.565. The van der Waals surface area contributed by atoms with Gasteiger partial charge in [0, 0.05) is 16.9 Å². The summed E-state index contributed by atoms with van der Waals surface area (Å²) in [6.45, 7) is 4.15. The highest BCUT2D eigenvalue weighted by molar-refractivity contribution is 7.99. The standard InChI is InChI=1S/C17H23N3O2S/c1-12(2)15-11-18-20-17(15)19-16(21)5-4-10-23-14-8-6-13(22-3)7-9-14/h6-9,11-12H,4-5,10H2,1-3H3,(H2,18,19,20,21). The minimum atomic E-state index is 0.0199. The van der Waals surface area contributed by atoms with Crippen molar-refractivity contribution in [2.45, 2.75) is 37.5 Å². The second-order valence-corrected chi connectivity index (χ2v) is 6.70. The summed E-state index contributed by atoms with van der Waals surface area (Å²) in [6.07, 6.45) is 3.09. The first-order valence-corrected chi connectivity index (χ1v) is 8.68. The molecule has 0 unspecified atom stereocenters. The lowest BCUT2D eigenvalue weighted by Gasteiger charge is -2.08. The van der Waals surface area contributed by atoms with E-state index in [0.717, 1.165) is 23.5 Å². The number of nitrogens with zero attached hydrogens (tertiary/aromatic N) is 1. The molecule has 0 spiro atoms. The molecule has 2 aromatic rings. The Kier molecular flexibility index (Phi) is 6.52. The fourth-order valence-electron chi connectivity index (χ4n) is 2.13. The highest BCUT2D eigenvalue weighted by Gasteiger charge is 2.11. The van der Waals surface area contributed by atoms with Crippen molar-refractivity contribution in [2.24, 2.45) is 0 Å². The van der Waals surface area contributed by atoms with Crippen molar-refractivity contribution in [2.75, 3.05) is 18.2 Å².